The van der Waals surface area contributed by atoms with E-state index in [1.165, 1.54) is 143 Å². The van der Waals surface area contributed by atoms with Crippen LogP contribution >= 0.6 is 0 Å². The Kier molecular flexibility index (Phi) is 18.3. The molecule has 674 valence electrons. The van der Waals surface area contributed by atoms with E-state index in [0.717, 1.165) is 60.6 Å². The number of hydrogen-bond acceptors (Lipinski definition) is 3. The summed E-state index contributed by atoms with van der Waals surface area (Å²) in [6.07, 6.45) is 3.12. The Hall–Kier alpha value is -16.6. The molecule has 0 atom stereocenters. The van der Waals surface area contributed by atoms with Gasteiger partial charge in [0, 0.05) is 40.7 Å². The molecular formula is C138H107N3. The summed E-state index contributed by atoms with van der Waals surface area (Å²) >= 11 is 0. The summed E-state index contributed by atoms with van der Waals surface area (Å²) in [5, 5.41) is 20.3. The van der Waals surface area contributed by atoms with Crippen LogP contribution in [0.4, 0.5) is 0 Å². The van der Waals surface area contributed by atoms with E-state index in [2.05, 4.69) is 334 Å². The van der Waals surface area contributed by atoms with E-state index in [1.54, 1.807) is 54.7 Å². The quantitative estimate of drug-likeness (QED) is 0.114. The summed E-state index contributed by atoms with van der Waals surface area (Å²) in [5.41, 5.74) is 28.8. The van der Waals surface area contributed by atoms with Crippen LogP contribution in [0.3, 0.4) is 0 Å². The van der Waals surface area contributed by atoms with Gasteiger partial charge in [-0.15, -0.1) is 0 Å². The molecule has 0 saturated carbocycles. The van der Waals surface area contributed by atoms with Crippen molar-refractivity contribution >= 4 is 97.0 Å². The van der Waals surface area contributed by atoms with Crippen LogP contribution in [0, 0.1) is 0 Å². The SMILES string of the molecule is CC(C)(C)c1cc2ccc3c(-c4ccc(-c5ccc6c(c5)C(C)(C)c5ccccc5-6)cc4)cc(-c4ccc(-c5ccccn5)cc4)c4ccc(c1)c2c34.[2H]c1c([2H])c(-c2cc(-c3c([2H])c([2H])c(-c4ccccn4)c([2H])c3[2H])c3ccc4cc(C(C)(C)C)cc5ccc2c3c54)c([2H])c([2H])c1-c1ccccc1.[2H]c1nc(-c2ccc(-c3cc(-c4ccc(-c5ccccc5)cc4)c4ccc5cc(C(C)(C)C)cc6ccc3c4c56)cc2)c([2H])c([2H])c1[2H]. The van der Waals surface area contributed by atoms with Crippen LogP contribution in [0.1, 0.15) is 120 Å². The molecule has 0 amide bonds. The van der Waals surface area contributed by atoms with Crippen LogP contribution < -0.4 is 0 Å². The minimum absolute atomic E-state index is 0.0244. The normalized spacial score (nSPS) is 13.8. The molecule has 0 radical (unpaired) electrons. The molecule has 0 unspecified atom stereocenters. The van der Waals surface area contributed by atoms with Crippen molar-refractivity contribution in [3.8, 4) is 145 Å². The van der Waals surface area contributed by atoms with Crippen LogP contribution in [0.15, 0.2) is 449 Å². The zero-order valence-corrected chi connectivity index (χ0v) is 80.6. The Balaban J connectivity index is 0.000000122. The first-order valence-electron chi connectivity index (χ1n) is 54.6. The lowest BCUT2D eigenvalue weighted by Gasteiger charge is -2.23. The van der Waals surface area contributed by atoms with Crippen LogP contribution in [0.2, 0.25) is 0 Å². The monoisotopic (exact) mass is 1820 g/mol. The first-order valence-corrected chi connectivity index (χ1v) is 48.6. The lowest BCUT2D eigenvalue weighted by atomic mass is 9.81. The molecule has 3 heterocycles. The van der Waals surface area contributed by atoms with Gasteiger partial charge in [-0.25, -0.2) is 0 Å². The largest absolute Gasteiger partial charge is 0.256 e. The number of fused-ring (bicyclic) bond motifs is 3. The van der Waals surface area contributed by atoms with Gasteiger partial charge in [0.25, 0.3) is 0 Å². The van der Waals surface area contributed by atoms with Gasteiger partial charge < -0.3 is 0 Å². The third-order valence-electron chi connectivity index (χ3n) is 29.0. The van der Waals surface area contributed by atoms with Crippen LogP contribution in [-0.2, 0) is 21.7 Å². The summed E-state index contributed by atoms with van der Waals surface area (Å²) in [4.78, 5) is 13.1. The minimum atomic E-state index is -0.326. The second-order valence-corrected chi connectivity index (χ2v) is 41.2. The molecular weight excluding hydrogens is 1700 g/mol. The molecule has 3 nitrogen and oxygen atoms in total. The summed E-state index contributed by atoms with van der Waals surface area (Å²) in [5.74, 6) is 0. The van der Waals surface area contributed by atoms with Gasteiger partial charge in [0.2, 0.25) is 0 Å². The third-order valence-corrected chi connectivity index (χ3v) is 29.0. The molecule has 0 N–H and O–H groups in total. The molecule has 0 spiro atoms. The first-order chi connectivity index (χ1) is 73.5. The fourth-order valence-electron chi connectivity index (χ4n) is 21.4. The van der Waals surface area contributed by atoms with E-state index in [0.29, 0.717) is 38.7 Å². The summed E-state index contributed by atoms with van der Waals surface area (Å²) in [7, 11) is 0. The highest BCUT2D eigenvalue weighted by molar-refractivity contribution is 6.31. The van der Waals surface area contributed by atoms with Crippen LogP contribution in [0.5, 0.6) is 0 Å². The molecule has 25 aromatic rings. The fourth-order valence-corrected chi connectivity index (χ4v) is 21.4. The number of hydrogen-bond donors (Lipinski definition) is 0. The van der Waals surface area contributed by atoms with E-state index < -0.39 is 0 Å². The Morgan fingerprint density at radius 2 is 0.496 bits per heavy atom. The van der Waals surface area contributed by atoms with Crippen LogP contribution in [-0.4, -0.2) is 15.0 Å². The van der Waals surface area contributed by atoms with Gasteiger partial charge in [0.1, 0.15) is 0 Å². The van der Waals surface area contributed by atoms with Crippen molar-refractivity contribution in [2.24, 2.45) is 0 Å². The van der Waals surface area contributed by atoms with Crippen molar-refractivity contribution in [1.82, 2.24) is 15.0 Å². The van der Waals surface area contributed by atoms with Gasteiger partial charge in [-0.05, 0) is 313 Å². The van der Waals surface area contributed by atoms with Crippen molar-refractivity contribution in [3.05, 3.63) is 477 Å². The maximum atomic E-state index is 9.31. The fraction of sp³-hybridized carbons (Fsp3) is 0.109. The zero-order valence-electron chi connectivity index (χ0n) is 92.6. The van der Waals surface area contributed by atoms with Crippen molar-refractivity contribution in [3.63, 3.8) is 0 Å². The topological polar surface area (TPSA) is 38.7 Å². The average molecular weight is 1820 g/mol. The highest BCUT2D eigenvalue weighted by Gasteiger charge is 2.36. The number of rotatable bonds is 12. The van der Waals surface area contributed by atoms with Crippen molar-refractivity contribution in [2.45, 2.75) is 97.8 Å². The van der Waals surface area contributed by atoms with Gasteiger partial charge in [-0.1, -0.05) is 446 Å². The minimum Gasteiger partial charge on any atom is -0.256 e. The summed E-state index contributed by atoms with van der Waals surface area (Å²) < 4.78 is 106. The Morgan fingerprint density at radius 3 is 0.879 bits per heavy atom. The lowest BCUT2D eigenvalue weighted by molar-refractivity contribution is 0.591. The van der Waals surface area contributed by atoms with Crippen molar-refractivity contribution in [1.29, 1.82) is 0 Å². The lowest BCUT2D eigenvalue weighted by Crippen LogP contribution is -2.14. The molecule has 22 aromatic carbocycles. The van der Waals surface area contributed by atoms with Gasteiger partial charge in [0.15, 0.2) is 0 Å². The van der Waals surface area contributed by atoms with E-state index >= 15 is 0 Å². The molecule has 0 saturated heterocycles. The second-order valence-electron chi connectivity index (χ2n) is 41.2. The van der Waals surface area contributed by atoms with E-state index in [4.69, 9.17) is 11.0 Å². The highest BCUT2D eigenvalue weighted by Crippen LogP contribution is 2.54. The molecule has 1 aliphatic carbocycles. The molecule has 0 aliphatic heterocycles. The summed E-state index contributed by atoms with van der Waals surface area (Å²) in [6, 6.07) is 126. The highest BCUT2D eigenvalue weighted by atomic mass is 14.7. The van der Waals surface area contributed by atoms with Gasteiger partial charge in [0.05, 0.1) is 33.5 Å². The molecule has 3 heteroatoms. The van der Waals surface area contributed by atoms with E-state index in [1.807, 2.05) is 79.0 Å². The van der Waals surface area contributed by atoms with Crippen LogP contribution in [0.25, 0.3) is 242 Å². The van der Waals surface area contributed by atoms with E-state index in [9.17, 15) is 5.48 Å². The number of aromatic nitrogens is 3. The Morgan fingerprint density at radius 1 is 0.199 bits per heavy atom. The third kappa shape index (κ3) is 15.8. The molecule has 141 heavy (non-hydrogen) atoms. The Bertz CT molecular complexity index is 9620. The van der Waals surface area contributed by atoms with Gasteiger partial charge in [-0.2, -0.15) is 0 Å². The van der Waals surface area contributed by atoms with E-state index in [-0.39, 0.29) is 122 Å². The second kappa shape index (κ2) is 34.5. The molecule has 26 rings (SSSR count). The number of pyridine rings is 3. The Labute approximate surface area is 842 Å². The average Bonchev–Trinajstić information content (AvgIpc) is 1.18. The number of nitrogens with zero attached hydrogens (tertiary/aromatic N) is 3. The maximum Gasteiger partial charge on any atom is 0.0840 e. The van der Waals surface area contributed by atoms with Gasteiger partial charge >= 0.3 is 0 Å². The predicted molar refractivity (Wildman–Crippen MR) is 603 cm³/mol. The predicted octanol–water partition coefficient (Wildman–Crippen LogP) is 38.1. The van der Waals surface area contributed by atoms with Gasteiger partial charge in [-0.3, -0.25) is 15.0 Å². The van der Waals surface area contributed by atoms with Crippen molar-refractivity contribution < 1.29 is 16.4 Å². The molecule has 0 fully saturated rings. The molecule has 3 aromatic heterocycles. The maximum absolute atomic E-state index is 9.31. The molecule has 0 bridgehead atoms. The standard InChI is InChI=1S/C52H41N.2C43H33N/c1-51(2,3)39-28-37-22-25-42-44(33-15-13-32(14-16-33)36-21-24-41-40-10-6-7-11-46(40)52(4,5)47(41)30-36)31-45(43-26-23-38(29-39)49(37)50(42)43)34-17-19-35(20-18-34)48-12-8-9-27-53-48;2*1-43(2,3)35-25-33-20-22-36-38(30-14-12-29(13-15-30)28-9-5-4-6-10-28)27-39(37-23-21-34(26-35)41(33)42(36)37)31-16-18-32(19-17-31)40-11-7-8-24-44-40/h6-31H,1-5H3;2*4-27H,1-3H3/i;12D,13D,14D,15D,16D,17D,18D,19D;7D,8D,11D,24D. The van der Waals surface area contributed by atoms with Crippen molar-refractivity contribution in [2.75, 3.05) is 0 Å². The zero-order chi connectivity index (χ0) is 106. The first kappa shape index (κ1) is 74.6. The molecule has 1 aliphatic rings. The smallest absolute Gasteiger partial charge is 0.0840 e. The summed E-state index contributed by atoms with van der Waals surface area (Å²) in [6.45, 7) is 24.9. The number of benzene rings is 22.